The highest BCUT2D eigenvalue weighted by molar-refractivity contribution is 7.81. The van der Waals surface area contributed by atoms with Crippen LogP contribution >= 0.6 is 12.6 Å². The highest BCUT2D eigenvalue weighted by Gasteiger charge is 2.34. The van der Waals surface area contributed by atoms with Gasteiger partial charge in [-0.05, 0) is 0 Å². The van der Waals surface area contributed by atoms with Crippen LogP contribution in [0, 0.1) is 0 Å². The van der Waals surface area contributed by atoms with Gasteiger partial charge in [-0.15, -0.1) is 0 Å². The molecule has 1 rings (SSSR count). The number of amides is 2. The fourth-order valence-corrected chi connectivity index (χ4v) is 1.07. The van der Waals surface area contributed by atoms with E-state index in [-0.39, 0.29) is 18.2 Å². The Labute approximate surface area is 66.2 Å². The second-order valence-electron chi connectivity index (χ2n) is 1.97. The largest absolute Gasteiger partial charge is 0.343 e. The molecule has 0 spiro atoms. The minimum Gasteiger partial charge on any atom is -0.343 e. The fraction of sp³-hybridized carbons (Fsp3) is 0.500. The number of hydrogen-bond donors (Lipinski definition) is 1. The van der Waals surface area contributed by atoms with E-state index in [1.54, 1.807) is 0 Å². The summed E-state index contributed by atoms with van der Waals surface area (Å²) in [5, 5.41) is -0.507. The summed E-state index contributed by atoms with van der Waals surface area (Å²) in [6, 6.07) is 0. The predicted octanol–water partition coefficient (Wildman–Crippen LogP) is -1.25. The topological polar surface area (TPSA) is 37.4 Å². The zero-order valence-corrected chi connectivity index (χ0v) is 6.04. The van der Waals surface area contributed by atoms with Gasteiger partial charge in [0.05, 0.1) is 5.25 Å². The molecule has 1 aliphatic rings. The number of nitrogens with zero attached hydrogens (tertiary/aromatic N) is 1. The van der Waals surface area contributed by atoms with Gasteiger partial charge in [0, 0.05) is 14.2 Å². The van der Waals surface area contributed by atoms with Gasteiger partial charge in [0.2, 0.25) is 11.8 Å². The molecule has 1 saturated heterocycles. The van der Waals surface area contributed by atoms with Crippen LogP contribution in [0.15, 0.2) is 0 Å². The van der Waals surface area contributed by atoms with Crippen LogP contribution in [0.2, 0.25) is 0 Å². The Morgan fingerprint density at radius 2 is 2.30 bits per heavy atom. The first-order valence-electron chi connectivity index (χ1n) is 2.76. The van der Waals surface area contributed by atoms with Gasteiger partial charge >= 0.3 is 0 Å². The third-order valence-corrected chi connectivity index (χ3v) is 1.71. The molecule has 6 heteroatoms. The van der Waals surface area contributed by atoms with Crippen molar-refractivity contribution >= 4 is 39.5 Å². The van der Waals surface area contributed by atoms with Crippen molar-refractivity contribution in [3.8, 4) is 0 Å². The summed E-state index contributed by atoms with van der Waals surface area (Å²) in [5.74, 6) is -0.622. The Bertz CT molecular complexity index is 186. The van der Waals surface area contributed by atoms with Crippen LogP contribution < -0.4 is 0 Å². The Morgan fingerprint density at radius 3 is 2.50 bits per heavy atom. The van der Waals surface area contributed by atoms with Crippen LogP contribution in [0.5, 0.6) is 0 Å². The highest BCUT2D eigenvalue weighted by atomic mass is 32.1. The maximum absolute atomic E-state index is 10.9. The van der Waals surface area contributed by atoms with Crippen molar-refractivity contribution in [2.24, 2.45) is 0 Å². The van der Waals surface area contributed by atoms with Crippen molar-refractivity contribution in [1.29, 1.82) is 0 Å². The van der Waals surface area contributed by atoms with Crippen molar-refractivity contribution in [3.05, 3.63) is 0 Å². The first-order valence-corrected chi connectivity index (χ1v) is 3.27. The van der Waals surface area contributed by atoms with Crippen LogP contribution in [0.1, 0.15) is 6.42 Å². The van der Waals surface area contributed by atoms with E-state index in [1.165, 1.54) is 0 Å². The van der Waals surface area contributed by atoms with Gasteiger partial charge in [0.25, 0.3) is 0 Å². The molecule has 0 bridgehead atoms. The average molecular weight is 152 g/mol. The summed E-state index contributed by atoms with van der Waals surface area (Å²) >= 11 is 3.87. The third kappa shape index (κ3) is 1.08. The van der Waals surface area contributed by atoms with Crippen LogP contribution in [-0.4, -0.2) is 36.9 Å². The van der Waals surface area contributed by atoms with Gasteiger partial charge in [0.1, 0.15) is 0 Å². The lowest BCUT2D eigenvalue weighted by atomic mass is 9.65. The normalized spacial score (nSPS) is 25.7. The quantitative estimate of drug-likeness (QED) is 0.289. The van der Waals surface area contributed by atoms with Crippen molar-refractivity contribution in [3.63, 3.8) is 0 Å². The first-order chi connectivity index (χ1) is 4.66. The molecule has 10 heavy (non-hydrogen) atoms. The summed E-state index contributed by atoms with van der Waals surface area (Å²) < 4.78 is 0. The molecule has 0 N–H and O–H groups in total. The molecular weight excluding hydrogens is 148 g/mol. The number of imide groups is 1. The van der Waals surface area contributed by atoms with Crippen molar-refractivity contribution in [2.75, 3.05) is 0 Å². The smallest absolute Gasteiger partial charge is 0.229 e. The van der Waals surface area contributed by atoms with E-state index >= 15 is 0 Å². The molecule has 0 aromatic carbocycles. The zero-order chi connectivity index (χ0) is 7.72. The van der Waals surface area contributed by atoms with E-state index in [2.05, 4.69) is 12.6 Å². The molecule has 0 aromatic rings. The molecule has 0 aromatic heterocycles. The number of carbonyl (C=O) groups is 2. The standard InChI is InChI=1S/C4H4B2NO2S/c5-6-7-3(8)1-2(10)4(7)9/h2,10H,1H2. The molecule has 1 aliphatic heterocycles. The summed E-state index contributed by atoms with van der Waals surface area (Å²) in [4.78, 5) is 22.5. The van der Waals surface area contributed by atoms with E-state index in [9.17, 15) is 9.59 Å². The monoisotopic (exact) mass is 152 g/mol. The summed E-state index contributed by atoms with van der Waals surface area (Å²) in [7, 11) is 5.98. The lowest BCUT2D eigenvalue weighted by Gasteiger charge is -2.09. The van der Waals surface area contributed by atoms with Crippen molar-refractivity contribution < 1.29 is 9.59 Å². The maximum atomic E-state index is 10.9. The Hall–Kier alpha value is -0.380. The van der Waals surface area contributed by atoms with Crippen molar-refractivity contribution in [2.45, 2.75) is 11.7 Å². The number of hydrogen-bond acceptors (Lipinski definition) is 3. The number of thiol groups is 1. The molecule has 2 amide bonds. The molecule has 0 saturated carbocycles. The van der Waals surface area contributed by atoms with Gasteiger partial charge in [-0.1, -0.05) is 0 Å². The molecule has 1 fully saturated rings. The molecular formula is C4H4B2NO2S. The molecule has 3 radical (unpaired) electrons. The van der Waals surface area contributed by atoms with Crippen LogP contribution in [0.4, 0.5) is 0 Å². The third-order valence-electron chi connectivity index (χ3n) is 1.31. The molecule has 3 nitrogen and oxygen atoms in total. The molecule has 49 valence electrons. The van der Waals surface area contributed by atoms with E-state index in [0.29, 0.717) is 0 Å². The van der Waals surface area contributed by atoms with Gasteiger partial charge in [-0.2, -0.15) is 12.6 Å². The first kappa shape index (κ1) is 7.72. The predicted molar refractivity (Wildman–Crippen MR) is 40.8 cm³/mol. The van der Waals surface area contributed by atoms with Crippen molar-refractivity contribution in [1.82, 2.24) is 4.81 Å². The maximum Gasteiger partial charge on any atom is 0.229 e. The molecule has 0 aliphatic carbocycles. The van der Waals surface area contributed by atoms with E-state index in [1.807, 2.05) is 0 Å². The number of rotatable bonds is 1. The summed E-state index contributed by atoms with van der Waals surface area (Å²) in [6.07, 6.45) is 0.148. The zero-order valence-electron chi connectivity index (χ0n) is 5.15. The lowest BCUT2D eigenvalue weighted by Crippen LogP contribution is -2.34. The number of carbonyl (C=O) groups excluding carboxylic acids is 2. The van der Waals surface area contributed by atoms with Gasteiger partial charge in [-0.3, -0.25) is 9.59 Å². The summed E-state index contributed by atoms with van der Waals surface area (Å²) in [6.45, 7) is 0. The minimum absolute atomic E-state index is 0.148. The highest BCUT2D eigenvalue weighted by Crippen LogP contribution is 2.15. The molecule has 1 atom stereocenters. The van der Waals surface area contributed by atoms with Gasteiger partial charge in [-0.25, -0.2) is 0 Å². The second-order valence-corrected chi connectivity index (χ2v) is 2.59. The fourth-order valence-electron chi connectivity index (χ4n) is 0.791. The average Bonchev–Trinajstić information content (AvgIpc) is 2.09. The van der Waals surface area contributed by atoms with E-state index in [4.69, 9.17) is 7.74 Å². The Kier molecular flexibility index (Phi) is 2.08. The Morgan fingerprint density at radius 1 is 1.70 bits per heavy atom. The van der Waals surface area contributed by atoms with Crippen LogP contribution in [0.3, 0.4) is 0 Å². The Balaban J connectivity index is 2.74. The SMILES string of the molecule is [B][B]N1C(=O)CC(S)C1=O. The van der Waals surface area contributed by atoms with E-state index < -0.39 is 5.25 Å². The lowest BCUT2D eigenvalue weighted by molar-refractivity contribution is -0.132. The minimum atomic E-state index is -0.507. The van der Waals surface area contributed by atoms with Gasteiger partial charge < -0.3 is 4.81 Å². The summed E-state index contributed by atoms with van der Waals surface area (Å²) in [5.41, 5.74) is 0. The van der Waals surface area contributed by atoms with E-state index in [0.717, 1.165) is 12.1 Å². The van der Waals surface area contributed by atoms with Crippen LogP contribution in [0.25, 0.3) is 0 Å². The molecule has 1 unspecified atom stereocenters. The van der Waals surface area contributed by atoms with Crippen LogP contribution in [-0.2, 0) is 9.59 Å². The second kappa shape index (κ2) is 2.70. The molecule has 1 heterocycles. The van der Waals surface area contributed by atoms with Gasteiger partial charge in [0.15, 0.2) is 7.31 Å².